The van der Waals surface area contributed by atoms with Crippen LogP contribution in [0.1, 0.15) is 40.9 Å². The van der Waals surface area contributed by atoms with Gasteiger partial charge in [0.25, 0.3) is 0 Å². The smallest absolute Gasteiger partial charge is 0.336 e. The van der Waals surface area contributed by atoms with Crippen molar-refractivity contribution in [2.24, 2.45) is 0 Å². The summed E-state index contributed by atoms with van der Waals surface area (Å²) in [6.07, 6.45) is 3.97. The molecule has 1 amide bonds. The third-order valence-electron chi connectivity index (χ3n) is 3.42. The number of amides is 1. The Morgan fingerprint density at radius 2 is 2.05 bits per heavy atom. The molecule has 0 radical (unpaired) electrons. The van der Waals surface area contributed by atoms with Gasteiger partial charge in [0.05, 0.1) is 5.56 Å². The van der Waals surface area contributed by atoms with Gasteiger partial charge in [-0.05, 0) is 25.3 Å². The van der Waals surface area contributed by atoms with Crippen LogP contribution in [0.5, 0.6) is 0 Å². The fraction of sp³-hybridized carbons (Fsp3) is 0.571. The van der Waals surface area contributed by atoms with Crippen molar-refractivity contribution in [1.29, 1.82) is 0 Å². The van der Waals surface area contributed by atoms with Gasteiger partial charge in [-0.25, -0.2) is 4.79 Å². The number of nitrogens with zero attached hydrogens (tertiary/aromatic N) is 1. The summed E-state index contributed by atoms with van der Waals surface area (Å²) in [5.74, 6) is -0.678. The molecule has 20 heavy (non-hydrogen) atoms. The number of carbonyl (C=O) groups is 2. The lowest BCUT2D eigenvalue weighted by Crippen LogP contribution is -2.37. The number of rotatable bonds is 6. The van der Waals surface area contributed by atoms with Gasteiger partial charge in [-0.3, -0.25) is 4.79 Å². The molecule has 1 aliphatic heterocycles. The summed E-state index contributed by atoms with van der Waals surface area (Å²) in [7, 11) is 0. The van der Waals surface area contributed by atoms with Crippen molar-refractivity contribution in [3.8, 4) is 0 Å². The molecule has 0 bridgehead atoms. The number of likely N-dealkylation sites (tertiary alicyclic amines) is 1. The van der Waals surface area contributed by atoms with Crippen LogP contribution < -0.4 is 5.32 Å². The lowest BCUT2D eigenvalue weighted by molar-refractivity contribution is -0.131. The van der Waals surface area contributed by atoms with E-state index in [4.69, 9.17) is 5.11 Å². The van der Waals surface area contributed by atoms with Gasteiger partial charge >= 0.3 is 5.97 Å². The second kappa shape index (κ2) is 7.40. The van der Waals surface area contributed by atoms with Crippen LogP contribution in [0, 0.1) is 0 Å². The molecule has 0 aromatic carbocycles. The molecule has 6 heteroatoms. The number of hydrogen-bond donors (Lipinski definition) is 2. The first-order chi connectivity index (χ1) is 9.66. The maximum Gasteiger partial charge on any atom is 0.336 e. The Morgan fingerprint density at radius 1 is 1.30 bits per heavy atom. The van der Waals surface area contributed by atoms with E-state index in [1.54, 1.807) is 11.4 Å². The van der Waals surface area contributed by atoms with Crippen LogP contribution in [0.2, 0.25) is 0 Å². The van der Waals surface area contributed by atoms with E-state index in [2.05, 4.69) is 5.32 Å². The highest BCUT2D eigenvalue weighted by Gasteiger charge is 2.15. The molecule has 0 unspecified atom stereocenters. The van der Waals surface area contributed by atoms with Crippen LogP contribution in [0.4, 0.5) is 0 Å². The summed E-state index contributed by atoms with van der Waals surface area (Å²) in [6.45, 7) is 3.04. The van der Waals surface area contributed by atoms with E-state index in [-0.39, 0.29) is 5.91 Å². The molecular formula is C14H20N2O3S. The van der Waals surface area contributed by atoms with Gasteiger partial charge in [-0.15, -0.1) is 11.3 Å². The monoisotopic (exact) mass is 296 g/mol. The molecule has 110 valence electrons. The van der Waals surface area contributed by atoms with Gasteiger partial charge < -0.3 is 15.3 Å². The van der Waals surface area contributed by atoms with Crippen molar-refractivity contribution in [2.75, 3.05) is 19.6 Å². The second-order valence-corrected chi connectivity index (χ2v) is 5.97. The molecule has 2 heterocycles. The zero-order valence-electron chi connectivity index (χ0n) is 11.4. The molecule has 2 rings (SSSR count). The lowest BCUT2D eigenvalue weighted by atomic mass is 10.1. The van der Waals surface area contributed by atoms with Crippen LogP contribution >= 0.6 is 11.3 Å². The minimum atomic E-state index is -0.896. The van der Waals surface area contributed by atoms with E-state index in [1.165, 1.54) is 17.8 Å². The van der Waals surface area contributed by atoms with Gasteiger partial charge in [0.15, 0.2) is 0 Å². The predicted molar refractivity (Wildman–Crippen MR) is 78.0 cm³/mol. The first kappa shape index (κ1) is 15.0. The van der Waals surface area contributed by atoms with Crippen molar-refractivity contribution >= 4 is 23.2 Å². The van der Waals surface area contributed by atoms with Crippen LogP contribution in [0.15, 0.2) is 11.4 Å². The fourth-order valence-electron chi connectivity index (χ4n) is 2.29. The van der Waals surface area contributed by atoms with E-state index in [0.29, 0.717) is 25.1 Å². The molecule has 0 spiro atoms. The Kier molecular flexibility index (Phi) is 5.55. The SMILES string of the molecule is O=C(O)c1csc(CNCCC(=O)N2CCCCC2)c1. The highest BCUT2D eigenvalue weighted by atomic mass is 32.1. The van der Waals surface area contributed by atoms with E-state index in [9.17, 15) is 9.59 Å². The molecule has 1 saturated heterocycles. The number of hydrogen-bond acceptors (Lipinski definition) is 4. The normalized spacial score (nSPS) is 15.3. The summed E-state index contributed by atoms with van der Waals surface area (Å²) in [5, 5.41) is 13.7. The Hall–Kier alpha value is -1.40. The fourth-order valence-corrected chi connectivity index (χ4v) is 3.12. The first-order valence-corrected chi connectivity index (χ1v) is 7.84. The maximum absolute atomic E-state index is 11.9. The number of aromatic carboxylic acids is 1. The minimum Gasteiger partial charge on any atom is -0.478 e. The topological polar surface area (TPSA) is 69.6 Å². The molecule has 0 atom stereocenters. The van der Waals surface area contributed by atoms with Crippen molar-refractivity contribution in [3.05, 3.63) is 21.9 Å². The number of carboxylic acid groups (broad SMARTS) is 1. The average Bonchev–Trinajstić information content (AvgIpc) is 2.93. The highest BCUT2D eigenvalue weighted by molar-refractivity contribution is 7.10. The minimum absolute atomic E-state index is 0.217. The van der Waals surface area contributed by atoms with Crippen LogP contribution in [0.25, 0.3) is 0 Å². The van der Waals surface area contributed by atoms with Crippen LogP contribution in [-0.2, 0) is 11.3 Å². The van der Waals surface area contributed by atoms with E-state index in [0.717, 1.165) is 30.8 Å². The number of carbonyl (C=O) groups excluding carboxylic acids is 1. The van der Waals surface area contributed by atoms with E-state index >= 15 is 0 Å². The highest BCUT2D eigenvalue weighted by Crippen LogP contribution is 2.14. The molecule has 0 saturated carbocycles. The average molecular weight is 296 g/mol. The Labute approximate surface area is 122 Å². The van der Waals surface area contributed by atoms with Gasteiger partial charge in [0, 0.05) is 42.9 Å². The summed E-state index contributed by atoms with van der Waals surface area (Å²) in [5.41, 5.74) is 0.330. The van der Waals surface area contributed by atoms with Crippen molar-refractivity contribution in [2.45, 2.75) is 32.2 Å². The zero-order chi connectivity index (χ0) is 14.4. The van der Waals surface area contributed by atoms with E-state index in [1.807, 2.05) is 4.90 Å². The predicted octanol–water partition coefficient (Wildman–Crippen LogP) is 1.94. The van der Waals surface area contributed by atoms with Crippen LogP contribution in [-0.4, -0.2) is 41.5 Å². The summed E-state index contributed by atoms with van der Waals surface area (Å²) >= 11 is 1.43. The van der Waals surface area contributed by atoms with E-state index < -0.39 is 5.97 Å². The molecule has 5 nitrogen and oxygen atoms in total. The molecule has 0 aliphatic carbocycles. The summed E-state index contributed by atoms with van der Waals surface area (Å²) in [4.78, 5) is 25.6. The Bertz CT molecular complexity index is 467. The third-order valence-corrected chi connectivity index (χ3v) is 4.36. The third kappa shape index (κ3) is 4.31. The number of piperidine rings is 1. The van der Waals surface area contributed by atoms with Crippen molar-refractivity contribution in [1.82, 2.24) is 10.2 Å². The van der Waals surface area contributed by atoms with Gasteiger partial charge in [-0.2, -0.15) is 0 Å². The van der Waals surface area contributed by atoms with Crippen molar-refractivity contribution < 1.29 is 14.7 Å². The zero-order valence-corrected chi connectivity index (χ0v) is 12.2. The molecule has 1 aromatic heterocycles. The molecule has 1 aliphatic rings. The van der Waals surface area contributed by atoms with Crippen molar-refractivity contribution in [3.63, 3.8) is 0 Å². The number of nitrogens with one attached hydrogen (secondary N) is 1. The molecule has 1 aromatic rings. The lowest BCUT2D eigenvalue weighted by Gasteiger charge is -2.26. The number of thiophene rings is 1. The van der Waals surface area contributed by atoms with Gasteiger partial charge in [0.1, 0.15) is 0 Å². The maximum atomic E-state index is 11.9. The summed E-state index contributed by atoms with van der Waals surface area (Å²) in [6, 6.07) is 1.67. The summed E-state index contributed by atoms with van der Waals surface area (Å²) < 4.78 is 0. The number of carboxylic acids is 1. The second-order valence-electron chi connectivity index (χ2n) is 4.98. The largest absolute Gasteiger partial charge is 0.478 e. The van der Waals surface area contributed by atoms with Gasteiger partial charge in [0.2, 0.25) is 5.91 Å². The molecule has 2 N–H and O–H groups in total. The van der Waals surface area contributed by atoms with Crippen LogP contribution in [0.3, 0.4) is 0 Å². The first-order valence-electron chi connectivity index (χ1n) is 6.96. The Morgan fingerprint density at radius 3 is 2.70 bits per heavy atom. The standard InChI is InChI=1S/C14H20N2O3S/c17-13(16-6-2-1-3-7-16)4-5-15-9-12-8-11(10-20-12)14(18)19/h8,10,15H,1-7,9H2,(H,18,19). The Balaban J connectivity index is 1.65. The van der Waals surface area contributed by atoms with Gasteiger partial charge in [-0.1, -0.05) is 0 Å². The molecule has 1 fully saturated rings. The molecular weight excluding hydrogens is 276 g/mol. The quantitative estimate of drug-likeness (QED) is 0.787.